The van der Waals surface area contributed by atoms with Crippen LogP contribution in [0.4, 0.5) is 0 Å². The van der Waals surface area contributed by atoms with Crippen molar-refractivity contribution in [3.05, 3.63) is 11.5 Å². The van der Waals surface area contributed by atoms with Crippen LogP contribution >= 0.6 is 11.6 Å². The molecule has 19 heavy (non-hydrogen) atoms. The molecule has 0 radical (unpaired) electrons. The zero-order valence-electron chi connectivity index (χ0n) is 11.6. The molecule has 110 valence electrons. The number of sulfonamides is 1. The first-order valence-corrected chi connectivity index (χ1v) is 7.71. The number of halogens is 1. The third kappa shape index (κ3) is 4.45. The maximum absolute atomic E-state index is 12.1. The molecule has 0 aliphatic carbocycles. The summed E-state index contributed by atoms with van der Waals surface area (Å²) in [5, 5.41) is -0.0404. The van der Waals surface area contributed by atoms with Crippen molar-refractivity contribution < 1.29 is 13.2 Å². The first-order valence-electron chi connectivity index (χ1n) is 5.85. The molecular formula is C11H20ClN3O3S. The maximum atomic E-state index is 12.1. The molecule has 0 aromatic carbocycles. The summed E-state index contributed by atoms with van der Waals surface area (Å²) in [5.41, 5.74) is -0.204. The van der Waals surface area contributed by atoms with E-state index in [1.165, 1.54) is 10.9 Å². The Bertz CT molecular complexity index is 525. The summed E-state index contributed by atoms with van der Waals surface area (Å²) in [6.07, 6.45) is 2.12. The molecule has 1 aromatic rings. The Balaban J connectivity index is 2.74. The van der Waals surface area contributed by atoms with Gasteiger partial charge in [0.2, 0.25) is 5.03 Å². The molecule has 0 aliphatic rings. The minimum atomic E-state index is -3.68. The van der Waals surface area contributed by atoms with Crippen molar-refractivity contribution >= 4 is 21.6 Å². The molecule has 0 saturated carbocycles. The molecule has 0 bridgehead atoms. The van der Waals surface area contributed by atoms with Crippen molar-refractivity contribution in [2.24, 2.45) is 12.5 Å². The summed E-state index contributed by atoms with van der Waals surface area (Å²) >= 11 is 5.89. The SMILES string of the molecule is COCCC(C)(C)CNS(=O)(=O)c1ncn(C)c1Cl. The second-order valence-corrected chi connectivity index (χ2v) is 7.22. The van der Waals surface area contributed by atoms with Crippen molar-refractivity contribution in [2.75, 3.05) is 20.3 Å². The molecule has 0 amide bonds. The lowest BCUT2D eigenvalue weighted by molar-refractivity contribution is 0.153. The van der Waals surface area contributed by atoms with Gasteiger partial charge in [0.1, 0.15) is 5.15 Å². The van der Waals surface area contributed by atoms with Crippen molar-refractivity contribution in [3.8, 4) is 0 Å². The zero-order chi connectivity index (χ0) is 14.7. The number of methoxy groups -OCH3 is 1. The van der Waals surface area contributed by atoms with Gasteiger partial charge in [0.05, 0.1) is 6.33 Å². The predicted molar refractivity (Wildman–Crippen MR) is 73.7 cm³/mol. The summed E-state index contributed by atoms with van der Waals surface area (Å²) in [5.74, 6) is 0. The maximum Gasteiger partial charge on any atom is 0.261 e. The second kappa shape index (κ2) is 6.21. The Labute approximate surface area is 119 Å². The number of rotatable bonds is 7. The van der Waals surface area contributed by atoms with Gasteiger partial charge >= 0.3 is 0 Å². The zero-order valence-corrected chi connectivity index (χ0v) is 13.2. The van der Waals surface area contributed by atoms with Gasteiger partial charge in [-0.15, -0.1) is 0 Å². The van der Waals surface area contributed by atoms with E-state index in [4.69, 9.17) is 16.3 Å². The number of nitrogens with zero attached hydrogens (tertiary/aromatic N) is 2. The van der Waals surface area contributed by atoms with Gasteiger partial charge in [-0.25, -0.2) is 18.1 Å². The predicted octanol–water partition coefficient (Wildman–Crippen LogP) is 1.41. The largest absolute Gasteiger partial charge is 0.385 e. The number of hydrogen-bond acceptors (Lipinski definition) is 4. The van der Waals surface area contributed by atoms with E-state index in [0.29, 0.717) is 13.2 Å². The average Bonchev–Trinajstić information content (AvgIpc) is 2.66. The van der Waals surface area contributed by atoms with Gasteiger partial charge in [0.15, 0.2) is 0 Å². The van der Waals surface area contributed by atoms with Gasteiger partial charge in [-0.2, -0.15) is 0 Å². The minimum Gasteiger partial charge on any atom is -0.385 e. The Morgan fingerprint density at radius 1 is 1.53 bits per heavy atom. The van der Waals surface area contributed by atoms with Gasteiger partial charge in [-0.1, -0.05) is 25.4 Å². The average molecular weight is 310 g/mol. The van der Waals surface area contributed by atoms with E-state index in [2.05, 4.69) is 9.71 Å². The second-order valence-electron chi connectivity index (χ2n) is 5.18. The Morgan fingerprint density at radius 3 is 2.63 bits per heavy atom. The van der Waals surface area contributed by atoms with Crippen molar-refractivity contribution in [3.63, 3.8) is 0 Å². The van der Waals surface area contributed by atoms with Crippen molar-refractivity contribution in [1.82, 2.24) is 14.3 Å². The molecule has 8 heteroatoms. The van der Waals surface area contributed by atoms with E-state index in [-0.39, 0.29) is 15.6 Å². The van der Waals surface area contributed by atoms with Gasteiger partial charge < -0.3 is 9.30 Å². The number of aromatic nitrogens is 2. The van der Waals surface area contributed by atoms with Gasteiger partial charge in [-0.05, 0) is 11.8 Å². The van der Waals surface area contributed by atoms with Gasteiger partial charge in [0, 0.05) is 27.3 Å². The van der Waals surface area contributed by atoms with Crippen LogP contribution in [0.15, 0.2) is 11.4 Å². The number of imidazole rings is 1. The van der Waals surface area contributed by atoms with Crippen LogP contribution in [0.2, 0.25) is 5.15 Å². The lowest BCUT2D eigenvalue weighted by atomic mass is 9.90. The highest BCUT2D eigenvalue weighted by Gasteiger charge is 2.26. The van der Waals surface area contributed by atoms with Crippen LogP contribution in [0.1, 0.15) is 20.3 Å². The van der Waals surface area contributed by atoms with Crippen LogP contribution in [-0.2, 0) is 21.8 Å². The summed E-state index contributed by atoms with van der Waals surface area (Å²) in [6, 6.07) is 0. The van der Waals surface area contributed by atoms with Crippen LogP contribution in [0.25, 0.3) is 0 Å². The molecule has 0 unspecified atom stereocenters. The molecular weight excluding hydrogens is 290 g/mol. The standard InChI is InChI=1S/C11H20ClN3O3S/c1-11(2,5-6-18-4)7-14-19(16,17)10-9(12)15(3)8-13-10/h8,14H,5-7H2,1-4H3. The summed E-state index contributed by atoms with van der Waals surface area (Å²) in [4.78, 5) is 3.81. The molecule has 0 atom stereocenters. The molecule has 1 aromatic heterocycles. The molecule has 1 rings (SSSR count). The summed E-state index contributed by atoms with van der Waals surface area (Å²) in [7, 11) is -0.428. The fourth-order valence-electron chi connectivity index (χ4n) is 1.40. The van der Waals surface area contributed by atoms with Crippen molar-refractivity contribution in [2.45, 2.75) is 25.3 Å². The molecule has 1 N–H and O–H groups in total. The number of hydrogen-bond donors (Lipinski definition) is 1. The number of nitrogens with one attached hydrogen (secondary N) is 1. The van der Waals surface area contributed by atoms with E-state index >= 15 is 0 Å². The molecule has 6 nitrogen and oxygen atoms in total. The highest BCUT2D eigenvalue weighted by molar-refractivity contribution is 7.89. The Hall–Kier alpha value is -0.630. The molecule has 0 spiro atoms. The summed E-state index contributed by atoms with van der Waals surface area (Å²) < 4.78 is 33.2. The van der Waals surface area contributed by atoms with E-state index < -0.39 is 10.0 Å². The Kier molecular flexibility index (Phi) is 5.37. The molecule has 1 heterocycles. The number of aryl methyl sites for hydroxylation is 1. The van der Waals surface area contributed by atoms with Crippen LogP contribution < -0.4 is 4.72 Å². The molecule has 0 saturated heterocycles. The van der Waals surface area contributed by atoms with E-state index in [9.17, 15) is 8.42 Å². The van der Waals surface area contributed by atoms with Crippen LogP contribution in [0.3, 0.4) is 0 Å². The fraction of sp³-hybridized carbons (Fsp3) is 0.727. The quantitative estimate of drug-likeness (QED) is 0.826. The molecule has 0 fully saturated rings. The summed E-state index contributed by atoms with van der Waals surface area (Å²) in [6.45, 7) is 4.81. The van der Waals surface area contributed by atoms with Gasteiger partial charge in [-0.3, -0.25) is 0 Å². The third-order valence-corrected chi connectivity index (χ3v) is 4.70. The lowest BCUT2D eigenvalue weighted by Crippen LogP contribution is -2.35. The number of ether oxygens (including phenoxy) is 1. The van der Waals surface area contributed by atoms with E-state index in [1.807, 2.05) is 13.8 Å². The van der Waals surface area contributed by atoms with Crippen molar-refractivity contribution in [1.29, 1.82) is 0 Å². The first kappa shape index (κ1) is 16.4. The van der Waals surface area contributed by atoms with E-state index in [0.717, 1.165) is 6.42 Å². The van der Waals surface area contributed by atoms with Crippen LogP contribution in [0, 0.1) is 5.41 Å². The monoisotopic (exact) mass is 309 g/mol. The van der Waals surface area contributed by atoms with E-state index in [1.54, 1.807) is 14.2 Å². The minimum absolute atomic E-state index is 0.0993. The Morgan fingerprint density at radius 2 is 2.16 bits per heavy atom. The molecule has 0 aliphatic heterocycles. The van der Waals surface area contributed by atoms with Crippen LogP contribution in [0.5, 0.6) is 0 Å². The topological polar surface area (TPSA) is 73.2 Å². The third-order valence-electron chi connectivity index (χ3n) is 2.81. The first-order chi connectivity index (χ1) is 8.69. The van der Waals surface area contributed by atoms with Crippen LogP contribution in [-0.4, -0.2) is 38.2 Å². The normalized spacial score (nSPS) is 12.9. The highest BCUT2D eigenvalue weighted by atomic mass is 35.5. The smallest absolute Gasteiger partial charge is 0.261 e. The highest BCUT2D eigenvalue weighted by Crippen LogP contribution is 2.22. The van der Waals surface area contributed by atoms with Gasteiger partial charge in [0.25, 0.3) is 10.0 Å². The fourth-order valence-corrected chi connectivity index (χ4v) is 3.07. The lowest BCUT2D eigenvalue weighted by Gasteiger charge is -2.24.